The van der Waals surface area contributed by atoms with Gasteiger partial charge in [0, 0.05) is 5.56 Å². The van der Waals surface area contributed by atoms with Crippen molar-refractivity contribution in [1.82, 2.24) is 4.98 Å². The molecular weight excluding hydrogens is 516 g/mol. The Labute approximate surface area is 229 Å². The van der Waals surface area contributed by atoms with Crippen LogP contribution in [0.5, 0.6) is 17.2 Å². The fourth-order valence-corrected chi connectivity index (χ4v) is 5.90. The SMILES string of the molecule is CCOc1ccc2nc(N3C(=O)C(=O)/C(=C(/O)c4ccc5c(c4)OCCO5)[C@H]3c3ccc(CC)cc3)sc2c1. The Morgan fingerprint density at radius 2 is 1.79 bits per heavy atom. The highest BCUT2D eigenvalue weighted by Gasteiger charge is 2.48. The van der Waals surface area contributed by atoms with E-state index < -0.39 is 17.7 Å². The second-order valence-electron chi connectivity index (χ2n) is 9.18. The highest BCUT2D eigenvalue weighted by Crippen LogP contribution is 2.45. The minimum absolute atomic E-state index is 0.00446. The monoisotopic (exact) mass is 542 g/mol. The highest BCUT2D eigenvalue weighted by molar-refractivity contribution is 7.22. The van der Waals surface area contributed by atoms with E-state index in [1.165, 1.54) is 16.2 Å². The van der Waals surface area contributed by atoms with E-state index in [1.54, 1.807) is 18.2 Å². The summed E-state index contributed by atoms with van der Waals surface area (Å²) >= 11 is 1.30. The van der Waals surface area contributed by atoms with Gasteiger partial charge < -0.3 is 19.3 Å². The van der Waals surface area contributed by atoms with E-state index in [0.717, 1.165) is 16.7 Å². The van der Waals surface area contributed by atoms with Crippen molar-refractivity contribution in [2.45, 2.75) is 26.3 Å². The molecule has 2 aliphatic heterocycles. The molecule has 198 valence electrons. The maximum Gasteiger partial charge on any atom is 0.301 e. The molecule has 1 fully saturated rings. The summed E-state index contributed by atoms with van der Waals surface area (Å²) in [5.74, 6) is -0.0702. The number of aliphatic hydroxyl groups is 1. The molecule has 0 saturated carbocycles. The number of Topliss-reactive ketones (excluding diaryl/α,β-unsaturated/α-hetero) is 1. The van der Waals surface area contributed by atoms with Crippen LogP contribution in [0.3, 0.4) is 0 Å². The summed E-state index contributed by atoms with van der Waals surface area (Å²) in [6.07, 6.45) is 0.845. The van der Waals surface area contributed by atoms with Gasteiger partial charge in [-0.2, -0.15) is 0 Å². The number of nitrogens with zero attached hydrogens (tertiary/aromatic N) is 2. The summed E-state index contributed by atoms with van der Waals surface area (Å²) < 4.78 is 17.7. The summed E-state index contributed by atoms with van der Waals surface area (Å²) in [5, 5.41) is 11.9. The van der Waals surface area contributed by atoms with Crippen molar-refractivity contribution in [2.75, 3.05) is 24.7 Å². The summed E-state index contributed by atoms with van der Waals surface area (Å²) in [5.41, 5.74) is 2.85. The van der Waals surface area contributed by atoms with Gasteiger partial charge in [-0.25, -0.2) is 4.98 Å². The first-order valence-electron chi connectivity index (χ1n) is 12.8. The largest absolute Gasteiger partial charge is 0.507 e. The number of anilines is 1. The molecule has 3 heterocycles. The van der Waals surface area contributed by atoms with Gasteiger partial charge in [-0.05, 0) is 60.9 Å². The number of amides is 1. The van der Waals surface area contributed by atoms with Crippen LogP contribution in [0.4, 0.5) is 5.13 Å². The zero-order chi connectivity index (χ0) is 27.1. The summed E-state index contributed by atoms with van der Waals surface area (Å²) in [6.45, 7) is 5.31. The number of hydrogen-bond donors (Lipinski definition) is 1. The molecule has 0 unspecified atom stereocenters. The molecule has 3 aromatic carbocycles. The predicted octanol–water partition coefficient (Wildman–Crippen LogP) is 5.65. The van der Waals surface area contributed by atoms with Gasteiger partial charge in [-0.3, -0.25) is 14.5 Å². The van der Waals surface area contributed by atoms with Crippen LogP contribution in [0.1, 0.15) is 36.6 Å². The number of carbonyl (C=O) groups excluding carboxylic acids is 2. The van der Waals surface area contributed by atoms with E-state index in [-0.39, 0.29) is 11.3 Å². The Bertz CT molecular complexity index is 1620. The van der Waals surface area contributed by atoms with Crippen molar-refractivity contribution in [3.8, 4) is 17.2 Å². The third kappa shape index (κ3) is 4.38. The first-order valence-corrected chi connectivity index (χ1v) is 13.6. The maximum atomic E-state index is 13.6. The van der Waals surface area contributed by atoms with Crippen molar-refractivity contribution in [3.63, 3.8) is 0 Å². The molecule has 1 saturated heterocycles. The van der Waals surface area contributed by atoms with E-state index in [4.69, 9.17) is 14.2 Å². The summed E-state index contributed by atoms with van der Waals surface area (Å²) in [7, 11) is 0. The number of rotatable bonds is 6. The zero-order valence-electron chi connectivity index (χ0n) is 21.5. The molecular formula is C30H26N2O6S. The Morgan fingerprint density at radius 1 is 1.03 bits per heavy atom. The number of hydrogen-bond acceptors (Lipinski definition) is 8. The number of fused-ring (bicyclic) bond motifs is 2. The minimum Gasteiger partial charge on any atom is -0.507 e. The summed E-state index contributed by atoms with van der Waals surface area (Å²) in [4.78, 5) is 33.2. The summed E-state index contributed by atoms with van der Waals surface area (Å²) in [6, 6.07) is 17.3. The first kappa shape index (κ1) is 24.9. The van der Waals surface area contributed by atoms with Crippen molar-refractivity contribution >= 4 is 44.1 Å². The molecule has 0 bridgehead atoms. The van der Waals surface area contributed by atoms with Crippen molar-refractivity contribution in [1.29, 1.82) is 0 Å². The van der Waals surface area contributed by atoms with Crippen LogP contribution in [0.15, 0.2) is 66.2 Å². The molecule has 1 amide bonds. The molecule has 1 N–H and O–H groups in total. The normalized spacial score (nSPS) is 18.1. The number of aryl methyl sites for hydroxylation is 1. The van der Waals surface area contributed by atoms with Gasteiger partial charge in [0.15, 0.2) is 16.6 Å². The lowest BCUT2D eigenvalue weighted by Gasteiger charge is -2.23. The van der Waals surface area contributed by atoms with Crippen LogP contribution in [0.2, 0.25) is 0 Å². The molecule has 8 nitrogen and oxygen atoms in total. The lowest BCUT2D eigenvalue weighted by molar-refractivity contribution is -0.132. The molecule has 4 aromatic rings. The van der Waals surface area contributed by atoms with Gasteiger partial charge in [0.25, 0.3) is 5.78 Å². The fourth-order valence-electron chi connectivity index (χ4n) is 4.88. The van der Waals surface area contributed by atoms with Gasteiger partial charge in [0.05, 0.1) is 28.4 Å². The van der Waals surface area contributed by atoms with Gasteiger partial charge in [-0.1, -0.05) is 42.5 Å². The topological polar surface area (TPSA) is 98.2 Å². The van der Waals surface area contributed by atoms with Crippen molar-refractivity contribution < 1.29 is 28.9 Å². The number of benzene rings is 3. The Balaban J connectivity index is 1.50. The Hall–Kier alpha value is -4.37. The zero-order valence-corrected chi connectivity index (χ0v) is 22.3. The maximum absolute atomic E-state index is 13.6. The molecule has 39 heavy (non-hydrogen) atoms. The Morgan fingerprint density at radius 3 is 2.54 bits per heavy atom. The smallest absolute Gasteiger partial charge is 0.301 e. The number of thiazole rings is 1. The minimum atomic E-state index is -0.865. The van der Waals surface area contributed by atoms with Crippen molar-refractivity contribution in [3.05, 3.63) is 82.9 Å². The van der Waals surface area contributed by atoms with E-state index in [9.17, 15) is 14.7 Å². The fraction of sp³-hybridized carbons (Fsp3) is 0.233. The lowest BCUT2D eigenvalue weighted by atomic mass is 9.94. The number of aliphatic hydroxyl groups excluding tert-OH is 1. The molecule has 0 aliphatic carbocycles. The van der Waals surface area contributed by atoms with Crippen LogP contribution in [-0.2, 0) is 16.0 Å². The third-order valence-electron chi connectivity index (χ3n) is 6.83. The van der Waals surface area contributed by atoms with E-state index in [2.05, 4.69) is 11.9 Å². The molecule has 2 aliphatic rings. The van der Waals surface area contributed by atoms with Crippen LogP contribution in [0, 0.1) is 0 Å². The molecule has 9 heteroatoms. The average molecular weight is 543 g/mol. The Kier molecular flexibility index (Phi) is 6.44. The number of aromatic nitrogens is 1. The third-order valence-corrected chi connectivity index (χ3v) is 7.85. The van der Waals surface area contributed by atoms with E-state index in [1.807, 2.05) is 49.4 Å². The second kappa shape index (κ2) is 10.1. The highest BCUT2D eigenvalue weighted by atomic mass is 32.1. The van der Waals surface area contributed by atoms with Crippen LogP contribution >= 0.6 is 11.3 Å². The van der Waals surface area contributed by atoms with Gasteiger partial charge in [-0.15, -0.1) is 0 Å². The molecule has 0 radical (unpaired) electrons. The van der Waals surface area contributed by atoms with Gasteiger partial charge in [0.1, 0.15) is 24.7 Å². The average Bonchev–Trinajstić information content (AvgIpc) is 3.50. The van der Waals surface area contributed by atoms with Gasteiger partial charge >= 0.3 is 5.91 Å². The quantitative estimate of drug-likeness (QED) is 0.191. The van der Waals surface area contributed by atoms with Crippen LogP contribution in [0.25, 0.3) is 16.0 Å². The standard InChI is InChI=1S/C30H26N2O6S/c1-3-17-5-7-18(8-6-17)26-25(27(33)19-9-12-22-23(15-19)38-14-13-37-22)28(34)29(35)32(26)30-31-21-11-10-20(36-4-2)16-24(21)39-30/h5-12,15-16,26,33H,3-4,13-14H2,1-2H3/b27-25+/t26-/m1/s1. The number of ketones is 1. The predicted molar refractivity (Wildman–Crippen MR) is 149 cm³/mol. The molecule has 1 aromatic heterocycles. The van der Waals surface area contributed by atoms with Crippen LogP contribution in [-0.4, -0.2) is 41.6 Å². The number of carbonyl (C=O) groups is 2. The van der Waals surface area contributed by atoms with E-state index >= 15 is 0 Å². The molecule has 6 rings (SSSR count). The lowest BCUT2D eigenvalue weighted by Crippen LogP contribution is -2.29. The van der Waals surface area contributed by atoms with Crippen LogP contribution < -0.4 is 19.1 Å². The first-order chi connectivity index (χ1) is 19.0. The number of ether oxygens (including phenoxy) is 3. The molecule has 1 atom stereocenters. The van der Waals surface area contributed by atoms with Gasteiger partial charge in [0.2, 0.25) is 0 Å². The second-order valence-corrected chi connectivity index (χ2v) is 10.2. The van der Waals surface area contributed by atoms with E-state index in [0.29, 0.717) is 58.8 Å². The molecule has 0 spiro atoms. The van der Waals surface area contributed by atoms with Crippen molar-refractivity contribution in [2.24, 2.45) is 0 Å².